The highest BCUT2D eigenvalue weighted by molar-refractivity contribution is 5.93. The number of imidazole rings is 1. The van der Waals surface area contributed by atoms with Gasteiger partial charge in [-0.2, -0.15) is 5.10 Å². The van der Waals surface area contributed by atoms with Crippen LogP contribution in [0.15, 0.2) is 36.5 Å². The average molecular weight is 437 g/mol. The molecule has 0 saturated carbocycles. The van der Waals surface area contributed by atoms with E-state index in [2.05, 4.69) is 44.6 Å². The van der Waals surface area contributed by atoms with E-state index in [0.717, 1.165) is 36.5 Å². The Hall–Kier alpha value is -2.80. The third kappa shape index (κ3) is 4.53. The summed E-state index contributed by atoms with van der Waals surface area (Å²) < 4.78 is 15.1. The number of aromatic nitrogens is 3. The lowest BCUT2D eigenvalue weighted by molar-refractivity contribution is 0.0494. The predicted octanol–water partition coefficient (Wildman–Crippen LogP) is 4.42. The third-order valence-corrected chi connectivity index (χ3v) is 5.95. The van der Waals surface area contributed by atoms with E-state index in [-0.39, 0.29) is 23.7 Å². The average Bonchev–Trinajstić information content (AvgIpc) is 3.17. The van der Waals surface area contributed by atoms with Crippen LogP contribution >= 0.6 is 0 Å². The molecule has 32 heavy (non-hydrogen) atoms. The van der Waals surface area contributed by atoms with Crippen molar-refractivity contribution >= 4 is 11.6 Å². The van der Waals surface area contributed by atoms with Gasteiger partial charge in [0.15, 0.2) is 5.65 Å². The molecule has 169 valence electrons. The van der Waals surface area contributed by atoms with E-state index >= 15 is 0 Å². The second kappa shape index (κ2) is 8.98. The first-order valence-electron chi connectivity index (χ1n) is 11.2. The highest BCUT2D eigenvalue weighted by Crippen LogP contribution is 2.26. The number of nitrogens with zero attached hydrogens (tertiary/aromatic N) is 5. The maximum Gasteiger partial charge on any atom is 0.274 e. The molecule has 1 aliphatic rings. The van der Waals surface area contributed by atoms with E-state index in [1.807, 2.05) is 11.0 Å². The van der Waals surface area contributed by atoms with Crippen LogP contribution in [0.5, 0.6) is 0 Å². The summed E-state index contributed by atoms with van der Waals surface area (Å²) in [6.45, 7) is 13.9. The molecular formula is C25H31FN5O. The topological polar surface area (TPSA) is 53.7 Å². The van der Waals surface area contributed by atoms with Crippen molar-refractivity contribution in [2.45, 2.75) is 46.6 Å². The van der Waals surface area contributed by atoms with Gasteiger partial charge in [-0.25, -0.2) is 13.9 Å². The van der Waals surface area contributed by atoms with Crippen molar-refractivity contribution in [3.63, 3.8) is 0 Å². The molecule has 0 N–H and O–H groups in total. The first-order valence-corrected chi connectivity index (χ1v) is 11.2. The standard InChI is InChI=1S/C25H31FN5O/c1-16(2)13-29-10-11-30(18(5)14-29)25(32)23-15-31-24(27-23)21(17(3)4)12-22(28-31)19-6-8-20(26)9-7-19/h6-9,12,15,17-18H,10-11,13-14H2,1-5H3/t18-/m0/s1. The van der Waals surface area contributed by atoms with Crippen LogP contribution in [0, 0.1) is 11.7 Å². The summed E-state index contributed by atoms with van der Waals surface area (Å²) in [6, 6.07) is 8.39. The van der Waals surface area contributed by atoms with Crippen molar-refractivity contribution in [3.05, 3.63) is 59.5 Å². The number of benzene rings is 1. The first kappa shape index (κ1) is 22.4. The maximum absolute atomic E-state index is 13.4. The van der Waals surface area contributed by atoms with E-state index in [1.54, 1.807) is 22.8 Å². The van der Waals surface area contributed by atoms with Crippen LogP contribution in [0.1, 0.15) is 56.6 Å². The summed E-state index contributed by atoms with van der Waals surface area (Å²) in [5.74, 6) is 1.23. The third-order valence-electron chi connectivity index (χ3n) is 5.95. The molecule has 0 aliphatic carbocycles. The molecule has 1 aliphatic heterocycles. The number of fused-ring (bicyclic) bond motifs is 1. The van der Waals surface area contributed by atoms with Gasteiger partial charge in [-0.3, -0.25) is 9.69 Å². The molecule has 1 atom stereocenters. The van der Waals surface area contributed by atoms with Gasteiger partial charge in [-0.05, 0) is 49.1 Å². The van der Waals surface area contributed by atoms with Crippen LogP contribution in [-0.4, -0.2) is 62.5 Å². The Kier molecular flexibility index (Phi) is 6.29. The smallest absolute Gasteiger partial charge is 0.274 e. The summed E-state index contributed by atoms with van der Waals surface area (Å²) in [5.41, 5.74) is 3.66. The number of hydrogen-bond donors (Lipinski definition) is 0. The van der Waals surface area contributed by atoms with Gasteiger partial charge in [0.1, 0.15) is 11.5 Å². The molecule has 0 spiro atoms. The van der Waals surface area contributed by atoms with Gasteiger partial charge in [0.05, 0.1) is 11.9 Å². The number of amides is 1. The minimum atomic E-state index is -0.282. The molecule has 0 unspecified atom stereocenters. The van der Waals surface area contributed by atoms with Crippen molar-refractivity contribution < 1.29 is 9.18 Å². The SMILES string of the molecule is C[C](C)CN1CCN(C(=O)c2cn3nc(-c4ccc(F)cc4)cc(C(C)C)c3n2)[C@@H](C)C1. The Morgan fingerprint density at radius 1 is 1.19 bits per heavy atom. The minimum Gasteiger partial charge on any atom is -0.332 e. The van der Waals surface area contributed by atoms with E-state index in [0.29, 0.717) is 17.9 Å². The van der Waals surface area contributed by atoms with E-state index in [4.69, 9.17) is 4.98 Å². The van der Waals surface area contributed by atoms with Crippen molar-refractivity contribution in [2.24, 2.45) is 0 Å². The number of hydrogen-bond acceptors (Lipinski definition) is 4. The molecule has 1 saturated heterocycles. The van der Waals surface area contributed by atoms with E-state index < -0.39 is 0 Å². The van der Waals surface area contributed by atoms with Crippen LogP contribution < -0.4 is 0 Å². The van der Waals surface area contributed by atoms with E-state index in [9.17, 15) is 9.18 Å². The first-order chi connectivity index (χ1) is 15.2. The molecule has 1 fully saturated rings. The summed E-state index contributed by atoms with van der Waals surface area (Å²) in [6.07, 6.45) is 1.72. The van der Waals surface area contributed by atoms with E-state index in [1.165, 1.54) is 18.1 Å². The predicted molar refractivity (Wildman–Crippen MR) is 124 cm³/mol. The molecular weight excluding hydrogens is 405 g/mol. The van der Waals surface area contributed by atoms with Crippen molar-refractivity contribution in [2.75, 3.05) is 26.2 Å². The summed E-state index contributed by atoms with van der Waals surface area (Å²) in [7, 11) is 0. The quantitative estimate of drug-likeness (QED) is 0.594. The highest BCUT2D eigenvalue weighted by atomic mass is 19.1. The molecule has 3 heterocycles. The number of carbonyl (C=O) groups is 1. The van der Waals surface area contributed by atoms with Crippen LogP contribution in [0.25, 0.3) is 16.9 Å². The molecule has 4 rings (SSSR count). The Morgan fingerprint density at radius 2 is 1.91 bits per heavy atom. The van der Waals surface area contributed by atoms with Crippen molar-refractivity contribution in [1.29, 1.82) is 0 Å². The largest absolute Gasteiger partial charge is 0.332 e. The van der Waals surface area contributed by atoms with Gasteiger partial charge < -0.3 is 4.90 Å². The molecule has 6 nitrogen and oxygen atoms in total. The lowest BCUT2D eigenvalue weighted by Crippen LogP contribution is -2.54. The zero-order valence-electron chi connectivity index (χ0n) is 19.5. The Labute approximate surface area is 189 Å². The second-order valence-electron chi connectivity index (χ2n) is 9.33. The van der Waals surface area contributed by atoms with Gasteiger partial charge >= 0.3 is 0 Å². The fourth-order valence-corrected chi connectivity index (χ4v) is 4.36. The van der Waals surface area contributed by atoms with Gasteiger partial charge in [0.25, 0.3) is 5.91 Å². The van der Waals surface area contributed by atoms with Crippen LogP contribution in [-0.2, 0) is 0 Å². The van der Waals surface area contributed by atoms with Crippen LogP contribution in [0.2, 0.25) is 0 Å². The second-order valence-corrected chi connectivity index (χ2v) is 9.33. The van der Waals surface area contributed by atoms with Crippen LogP contribution in [0.4, 0.5) is 4.39 Å². The Balaban J connectivity index is 1.65. The normalized spacial score (nSPS) is 17.6. The summed E-state index contributed by atoms with van der Waals surface area (Å²) in [4.78, 5) is 22.3. The van der Waals surface area contributed by atoms with Crippen molar-refractivity contribution in [3.8, 4) is 11.3 Å². The lowest BCUT2D eigenvalue weighted by atomic mass is 10.0. The lowest BCUT2D eigenvalue weighted by Gasteiger charge is -2.40. The molecule has 0 bridgehead atoms. The van der Waals surface area contributed by atoms with Gasteiger partial charge in [0, 0.05) is 43.3 Å². The zero-order chi connectivity index (χ0) is 23.0. The molecule has 1 radical (unpaired) electrons. The summed E-state index contributed by atoms with van der Waals surface area (Å²) in [5, 5.41) is 4.68. The van der Waals surface area contributed by atoms with Gasteiger partial charge in [-0.1, -0.05) is 27.7 Å². The zero-order valence-corrected chi connectivity index (χ0v) is 19.5. The summed E-state index contributed by atoms with van der Waals surface area (Å²) >= 11 is 0. The molecule has 2 aromatic heterocycles. The Bertz CT molecular complexity index is 1110. The highest BCUT2D eigenvalue weighted by Gasteiger charge is 2.30. The Morgan fingerprint density at radius 3 is 2.53 bits per heavy atom. The molecule has 1 aromatic carbocycles. The number of rotatable bonds is 5. The van der Waals surface area contributed by atoms with Crippen molar-refractivity contribution in [1.82, 2.24) is 24.4 Å². The minimum absolute atomic E-state index is 0.0575. The maximum atomic E-state index is 13.4. The molecule has 3 aromatic rings. The number of carbonyl (C=O) groups excluding carboxylic acids is 1. The fourth-order valence-electron chi connectivity index (χ4n) is 4.36. The molecule has 1 amide bonds. The number of piperazine rings is 1. The molecule has 7 heteroatoms. The number of halogens is 1. The van der Waals surface area contributed by atoms with Crippen LogP contribution in [0.3, 0.4) is 0 Å². The monoisotopic (exact) mass is 436 g/mol. The fraction of sp³-hybridized carbons (Fsp3) is 0.440. The van der Waals surface area contributed by atoms with Gasteiger partial charge in [-0.15, -0.1) is 0 Å². The van der Waals surface area contributed by atoms with Gasteiger partial charge in [0.2, 0.25) is 0 Å².